The van der Waals surface area contributed by atoms with Crippen molar-refractivity contribution in [2.24, 2.45) is 5.41 Å². The van der Waals surface area contributed by atoms with Crippen molar-refractivity contribution in [3.63, 3.8) is 0 Å². The molecular formula is C20H41N3O. The van der Waals surface area contributed by atoms with Crippen LogP contribution in [0.5, 0.6) is 0 Å². The Kier molecular flexibility index (Phi) is 7.12. The fraction of sp³-hybridized carbons (Fsp3) is 1.00. The molecule has 0 amide bonds. The summed E-state index contributed by atoms with van der Waals surface area (Å²) in [4.78, 5) is 7.70. The Morgan fingerprint density at radius 2 is 1.38 bits per heavy atom. The van der Waals surface area contributed by atoms with Crippen molar-refractivity contribution in [3.8, 4) is 0 Å². The highest BCUT2D eigenvalue weighted by molar-refractivity contribution is 4.89. The predicted molar refractivity (Wildman–Crippen MR) is 103 cm³/mol. The summed E-state index contributed by atoms with van der Waals surface area (Å²) in [6, 6.07) is 0. The molecule has 2 aliphatic heterocycles. The van der Waals surface area contributed by atoms with Gasteiger partial charge < -0.3 is 9.64 Å². The molecule has 0 N–H and O–H groups in total. The normalized spacial score (nSPS) is 22.8. The minimum atomic E-state index is 0.295. The third kappa shape index (κ3) is 6.99. The minimum absolute atomic E-state index is 0.295. The highest BCUT2D eigenvalue weighted by atomic mass is 16.5. The molecule has 2 saturated heterocycles. The summed E-state index contributed by atoms with van der Waals surface area (Å²) in [5, 5.41) is 0. The Bertz CT molecular complexity index is 358. The second-order valence-corrected chi connectivity index (χ2v) is 9.92. The van der Waals surface area contributed by atoms with Crippen LogP contribution in [0.2, 0.25) is 0 Å². The van der Waals surface area contributed by atoms with E-state index in [1.807, 2.05) is 0 Å². The summed E-state index contributed by atoms with van der Waals surface area (Å²) < 4.78 is 6.04. The first-order chi connectivity index (χ1) is 11.1. The lowest BCUT2D eigenvalue weighted by molar-refractivity contribution is -0.0926. The highest BCUT2D eigenvalue weighted by Gasteiger charge is 2.34. The Hall–Kier alpha value is -0.160. The molecule has 0 radical (unpaired) electrons. The quantitative estimate of drug-likeness (QED) is 0.710. The number of rotatable bonds is 7. The second kappa shape index (κ2) is 8.48. The Labute approximate surface area is 150 Å². The van der Waals surface area contributed by atoms with E-state index in [-0.39, 0.29) is 0 Å². The maximum atomic E-state index is 6.04. The van der Waals surface area contributed by atoms with Gasteiger partial charge in [0.05, 0.1) is 12.7 Å². The summed E-state index contributed by atoms with van der Waals surface area (Å²) in [5.41, 5.74) is 0.770. The van der Waals surface area contributed by atoms with Crippen LogP contribution >= 0.6 is 0 Å². The smallest absolute Gasteiger partial charge is 0.0829 e. The molecule has 0 aromatic carbocycles. The number of ether oxygens (including phenoxy) is 1. The monoisotopic (exact) mass is 339 g/mol. The van der Waals surface area contributed by atoms with Crippen molar-refractivity contribution in [2.45, 2.75) is 66.0 Å². The molecule has 0 saturated carbocycles. The lowest BCUT2D eigenvalue weighted by Crippen LogP contribution is -2.60. The average molecular weight is 340 g/mol. The van der Waals surface area contributed by atoms with Gasteiger partial charge in [0.1, 0.15) is 0 Å². The lowest BCUT2D eigenvalue weighted by Gasteiger charge is -2.47. The van der Waals surface area contributed by atoms with Crippen LogP contribution in [0.1, 0.15) is 54.4 Å². The van der Waals surface area contributed by atoms with E-state index in [0.29, 0.717) is 17.1 Å². The maximum absolute atomic E-state index is 6.04. The van der Waals surface area contributed by atoms with E-state index < -0.39 is 0 Å². The fourth-order valence-electron chi connectivity index (χ4n) is 3.51. The first kappa shape index (κ1) is 20.2. The van der Waals surface area contributed by atoms with E-state index >= 15 is 0 Å². The van der Waals surface area contributed by atoms with Crippen LogP contribution in [0.4, 0.5) is 0 Å². The van der Waals surface area contributed by atoms with E-state index in [9.17, 15) is 0 Å². The van der Waals surface area contributed by atoms with Crippen LogP contribution in [-0.4, -0.2) is 85.3 Å². The summed E-state index contributed by atoms with van der Waals surface area (Å²) in [6.07, 6.45) is 3.12. The van der Waals surface area contributed by atoms with Crippen molar-refractivity contribution >= 4 is 0 Å². The zero-order valence-corrected chi connectivity index (χ0v) is 17.1. The predicted octanol–water partition coefficient (Wildman–Crippen LogP) is 2.93. The van der Waals surface area contributed by atoms with Crippen molar-refractivity contribution in [3.05, 3.63) is 0 Å². The number of hydrogen-bond acceptors (Lipinski definition) is 4. The standard InChI is InChI=1S/C20H41N3O/c1-19(2,3)8-7-9-21-10-12-22(13-11-21)14-15-24-18-16-23(17-18)20(4,5)6/h18H,7-17H2,1-6H3. The van der Waals surface area contributed by atoms with Gasteiger partial charge in [-0.3, -0.25) is 9.80 Å². The molecule has 0 aromatic heterocycles. The van der Waals surface area contributed by atoms with E-state index in [2.05, 4.69) is 56.2 Å². The number of likely N-dealkylation sites (tertiary alicyclic amines) is 1. The van der Waals surface area contributed by atoms with Crippen LogP contribution in [-0.2, 0) is 4.74 Å². The lowest BCUT2D eigenvalue weighted by atomic mass is 9.90. The van der Waals surface area contributed by atoms with Gasteiger partial charge in [0.25, 0.3) is 0 Å². The number of hydrogen-bond donors (Lipinski definition) is 0. The topological polar surface area (TPSA) is 19.0 Å². The third-order valence-corrected chi connectivity index (χ3v) is 5.42. The Balaban J connectivity index is 1.49. The molecule has 142 valence electrons. The molecule has 4 nitrogen and oxygen atoms in total. The van der Waals surface area contributed by atoms with Crippen molar-refractivity contribution < 1.29 is 4.74 Å². The van der Waals surface area contributed by atoms with E-state index in [4.69, 9.17) is 4.74 Å². The summed E-state index contributed by atoms with van der Waals surface area (Å²) in [6.45, 7) is 24.2. The SMILES string of the molecule is CC(C)(C)CCCN1CCN(CCOC2CN(C(C)(C)C)C2)CC1. The van der Waals surface area contributed by atoms with Crippen molar-refractivity contribution in [1.29, 1.82) is 0 Å². The zero-order chi connectivity index (χ0) is 17.8. The van der Waals surface area contributed by atoms with Gasteiger partial charge in [-0.25, -0.2) is 0 Å². The third-order valence-electron chi connectivity index (χ3n) is 5.42. The van der Waals surface area contributed by atoms with Crippen molar-refractivity contribution in [2.75, 3.05) is 59.0 Å². The van der Waals surface area contributed by atoms with E-state index in [1.165, 1.54) is 45.6 Å². The molecule has 0 aliphatic carbocycles. The van der Waals surface area contributed by atoms with Crippen molar-refractivity contribution in [1.82, 2.24) is 14.7 Å². The molecule has 0 bridgehead atoms. The van der Waals surface area contributed by atoms with Gasteiger partial charge in [0, 0.05) is 51.4 Å². The van der Waals surface area contributed by atoms with Gasteiger partial charge >= 0.3 is 0 Å². The summed E-state index contributed by atoms with van der Waals surface area (Å²) in [5.74, 6) is 0. The zero-order valence-electron chi connectivity index (χ0n) is 17.1. The molecule has 2 aliphatic rings. The largest absolute Gasteiger partial charge is 0.374 e. The highest BCUT2D eigenvalue weighted by Crippen LogP contribution is 2.23. The molecule has 2 rings (SSSR count). The van der Waals surface area contributed by atoms with Crippen LogP contribution in [0.25, 0.3) is 0 Å². The van der Waals surface area contributed by atoms with Crippen LogP contribution in [0.3, 0.4) is 0 Å². The Morgan fingerprint density at radius 3 is 1.88 bits per heavy atom. The van der Waals surface area contributed by atoms with Gasteiger partial charge in [-0.15, -0.1) is 0 Å². The van der Waals surface area contributed by atoms with Crippen LogP contribution in [0, 0.1) is 5.41 Å². The number of piperazine rings is 1. The molecule has 24 heavy (non-hydrogen) atoms. The molecule has 0 unspecified atom stereocenters. The van der Waals surface area contributed by atoms with Gasteiger partial charge in [-0.05, 0) is 45.6 Å². The van der Waals surface area contributed by atoms with Gasteiger partial charge in [-0.2, -0.15) is 0 Å². The van der Waals surface area contributed by atoms with Crippen LogP contribution < -0.4 is 0 Å². The molecular weight excluding hydrogens is 298 g/mol. The molecule has 0 atom stereocenters. The maximum Gasteiger partial charge on any atom is 0.0829 e. The van der Waals surface area contributed by atoms with Gasteiger partial charge in [0.2, 0.25) is 0 Å². The molecule has 0 spiro atoms. The first-order valence-electron chi connectivity index (χ1n) is 9.95. The number of nitrogens with zero attached hydrogens (tertiary/aromatic N) is 3. The fourth-order valence-corrected chi connectivity index (χ4v) is 3.51. The Morgan fingerprint density at radius 1 is 0.833 bits per heavy atom. The molecule has 2 fully saturated rings. The van der Waals surface area contributed by atoms with Crippen LogP contribution in [0.15, 0.2) is 0 Å². The van der Waals surface area contributed by atoms with Gasteiger partial charge in [0.15, 0.2) is 0 Å². The first-order valence-corrected chi connectivity index (χ1v) is 9.95. The minimum Gasteiger partial charge on any atom is -0.374 e. The molecule has 0 aromatic rings. The average Bonchev–Trinajstić information content (AvgIpc) is 2.40. The summed E-state index contributed by atoms with van der Waals surface area (Å²) in [7, 11) is 0. The second-order valence-electron chi connectivity index (χ2n) is 9.92. The molecule has 4 heteroatoms. The van der Waals surface area contributed by atoms with E-state index in [1.54, 1.807) is 0 Å². The van der Waals surface area contributed by atoms with Gasteiger partial charge in [-0.1, -0.05) is 20.8 Å². The van der Waals surface area contributed by atoms with E-state index in [0.717, 1.165) is 26.2 Å². The summed E-state index contributed by atoms with van der Waals surface area (Å²) >= 11 is 0. The molecule has 2 heterocycles.